The molecule has 19 atom stereocenters. The monoisotopic (exact) mass is 1050 g/mol. The normalized spacial score (nSPS) is 38.7. The van der Waals surface area contributed by atoms with E-state index < -0.39 is 118 Å². The number of likely N-dealkylation sites (N-methyl/N-ethyl adjacent to an activating group) is 2. The number of aromatic nitrogens is 3. The molecule has 0 aliphatic carbocycles. The van der Waals surface area contributed by atoms with E-state index in [4.69, 9.17) is 40.0 Å². The number of hydrogen-bond acceptors (Lipinski definition) is 17. The van der Waals surface area contributed by atoms with E-state index in [1.165, 1.54) is 50.1 Å². The molecule has 1 aromatic heterocycles. The summed E-state index contributed by atoms with van der Waals surface area (Å²) in [4.78, 5) is 18.6. The van der Waals surface area contributed by atoms with Crippen LogP contribution in [0.15, 0.2) is 35.4 Å². The summed E-state index contributed by atoms with van der Waals surface area (Å²) in [6.45, 7) is 16.1. The summed E-state index contributed by atoms with van der Waals surface area (Å²) < 4.78 is 77.8. The Balaban J connectivity index is 1.45. The average molecular weight is 1050 g/mol. The van der Waals surface area contributed by atoms with Crippen LogP contribution in [0.5, 0.6) is 0 Å². The number of nitrogens with two attached hydrogens (primary N) is 1. The number of primary sulfonamides is 1. The van der Waals surface area contributed by atoms with Gasteiger partial charge in [0, 0.05) is 70.8 Å². The molecule has 0 radical (unpaired) electrons. The molecule has 1 unspecified atom stereocenters. The van der Waals surface area contributed by atoms with Crippen molar-refractivity contribution in [1.82, 2.24) is 24.8 Å². The SMILES string of the molecule is C#C[C@@]1(O)C[C@@H](C)CN(C)[C@H](C)[C@@H](O)[C@](C)(O)[C@@H](CC)OC(=O)[C@H](C)C([C@H]2C[C@@](C)(OC)[C@@H](O)[C@H](C)O2)[C@H](C)[C@H]1O[C@H]1C[C@@H](N(C)CCc2cn([C@H](CF)[C@H](OC)c3ccc(S(N)(=O)=O)cc3)nn2)C[C@@H](C)O1. The van der Waals surface area contributed by atoms with Gasteiger partial charge in [-0.3, -0.25) is 4.79 Å². The van der Waals surface area contributed by atoms with Gasteiger partial charge in [0.15, 0.2) is 11.9 Å². The minimum absolute atomic E-state index is 0.0488. The van der Waals surface area contributed by atoms with Crippen LogP contribution in [0.3, 0.4) is 0 Å². The number of benzene rings is 1. The lowest BCUT2D eigenvalue weighted by Crippen LogP contribution is -2.61. The Morgan fingerprint density at radius 1 is 1.04 bits per heavy atom. The first kappa shape index (κ1) is 60.7. The van der Waals surface area contributed by atoms with Gasteiger partial charge in [0.25, 0.3) is 0 Å². The summed E-state index contributed by atoms with van der Waals surface area (Å²) in [5, 5.41) is 61.8. The average Bonchev–Trinajstić information content (AvgIpc) is 3.81. The lowest BCUT2D eigenvalue weighted by Gasteiger charge is -2.51. The van der Waals surface area contributed by atoms with Crippen LogP contribution in [0, 0.1) is 36.0 Å². The van der Waals surface area contributed by atoms with Crippen LogP contribution in [0.1, 0.15) is 118 Å². The lowest BCUT2D eigenvalue weighted by atomic mass is 9.68. The molecule has 3 saturated heterocycles. The van der Waals surface area contributed by atoms with Gasteiger partial charge in [0.2, 0.25) is 10.0 Å². The lowest BCUT2D eigenvalue weighted by molar-refractivity contribution is -0.270. The number of sulfonamides is 1. The number of carbonyl (C=O) groups is 1. The van der Waals surface area contributed by atoms with E-state index in [1.807, 2.05) is 39.8 Å². The Bertz CT molecular complexity index is 2250. The quantitative estimate of drug-likeness (QED) is 0.126. The molecule has 5 rings (SSSR count). The van der Waals surface area contributed by atoms with Crippen molar-refractivity contribution in [1.29, 1.82) is 0 Å². The van der Waals surface area contributed by atoms with E-state index in [0.717, 1.165) is 0 Å². The van der Waals surface area contributed by atoms with Crippen LogP contribution in [0.2, 0.25) is 0 Å². The summed E-state index contributed by atoms with van der Waals surface area (Å²) in [7, 11) is 2.82. The fraction of sp³-hybridized carbons (Fsp3) is 0.788. The first-order valence-corrected chi connectivity index (χ1v) is 27.2. The number of aliphatic hydroxyl groups excluding tert-OH is 2. The highest BCUT2D eigenvalue weighted by molar-refractivity contribution is 7.89. The molecule has 4 heterocycles. The highest BCUT2D eigenvalue weighted by Crippen LogP contribution is 2.45. The molecule has 0 bridgehead atoms. The number of esters is 1. The molecular weight excluding hydrogens is 968 g/mol. The van der Waals surface area contributed by atoms with Crippen molar-refractivity contribution in [2.24, 2.45) is 28.8 Å². The van der Waals surface area contributed by atoms with Gasteiger partial charge in [-0.15, -0.1) is 11.5 Å². The number of halogens is 1. The molecule has 6 N–H and O–H groups in total. The number of terminal acetylenes is 1. The van der Waals surface area contributed by atoms with Crippen molar-refractivity contribution in [3.63, 3.8) is 0 Å². The Morgan fingerprint density at radius 2 is 1.70 bits per heavy atom. The van der Waals surface area contributed by atoms with E-state index >= 15 is 0 Å². The van der Waals surface area contributed by atoms with Gasteiger partial charge in [-0.05, 0) is 97.5 Å². The van der Waals surface area contributed by atoms with Crippen LogP contribution < -0.4 is 5.14 Å². The molecule has 2 aromatic rings. The smallest absolute Gasteiger partial charge is 0.309 e. The van der Waals surface area contributed by atoms with Crippen LogP contribution in [-0.4, -0.2) is 186 Å². The summed E-state index contributed by atoms with van der Waals surface area (Å²) in [5.74, 6) is -0.718. The molecule has 0 spiro atoms. The highest BCUT2D eigenvalue weighted by Gasteiger charge is 2.55. The van der Waals surface area contributed by atoms with Gasteiger partial charge in [0.1, 0.15) is 48.8 Å². The maximum Gasteiger partial charge on any atom is 0.309 e. The standard InChI is InChI=1S/C52H85FN6O13S/c1-15-42-51(10,63)46(60)34(7)58(12)28-30(3)25-52(64,16-2)48(32(5)44(33(6)49(62)71-42)41-26-50(9,68-14)47(61)35(8)70-41)72-43-24-38(23-31(4)69-43)57(11)22-21-37-29-59(56-55-37)40(27-53)45(67-13)36-17-19-39(20-18-36)73(54,65)66/h2,17-20,29-35,38,40-48,60-61,63-64H,15,21-28H2,1,3-14H3,(H2,54,65,66)/t30-,31-,32+,33-,34-,35+,38+,40-,41-,42-,43+,44?,45-,46-,47+,48-,50-,51-,52-/m1/s1. The second kappa shape index (κ2) is 24.8. The number of rotatable bonds is 15. The molecule has 414 valence electrons. The van der Waals surface area contributed by atoms with Gasteiger partial charge in [-0.1, -0.05) is 51.0 Å². The van der Waals surface area contributed by atoms with Crippen LogP contribution >= 0.6 is 0 Å². The van der Waals surface area contributed by atoms with E-state index in [0.29, 0.717) is 43.6 Å². The first-order valence-electron chi connectivity index (χ1n) is 25.6. The Labute approximate surface area is 432 Å². The van der Waals surface area contributed by atoms with Crippen LogP contribution in [0.4, 0.5) is 4.39 Å². The number of alkyl halides is 1. The molecule has 0 amide bonds. The maximum absolute atomic E-state index is 14.7. The number of cyclic esters (lactones) is 1. The maximum atomic E-state index is 14.7. The minimum atomic E-state index is -3.93. The molecular formula is C52H85FN6O13S. The molecule has 73 heavy (non-hydrogen) atoms. The molecule has 3 fully saturated rings. The number of ether oxygens (including phenoxy) is 6. The van der Waals surface area contributed by atoms with Crippen molar-refractivity contribution >= 4 is 16.0 Å². The number of aliphatic hydroxyl groups is 4. The van der Waals surface area contributed by atoms with Crippen molar-refractivity contribution in [2.45, 2.75) is 196 Å². The third-order valence-corrected chi connectivity index (χ3v) is 17.2. The highest BCUT2D eigenvalue weighted by atomic mass is 32.2. The largest absolute Gasteiger partial charge is 0.459 e. The predicted molar refractivity (Wildman–Crippen MR) is 270 cm³/mol. The van der Waals surface area contributed by atoms with Gasteiger partial charge in [-0.25, -0.2) is 22.6 Å². The fourth-order valence-corrected chi connectivity index (χ4v) is 12.2. The third kappa shape index (κ3) is 13.9. The second-order valence-electron chi connectivity index (χ2n) is 21.8. The van der Waals surface area contributed by atoms with E-state index in [-0.39, 0.29) is 42.2 Å². The number of carbonyl (C=O) groups excluding carboxylic acids is 1. The number of methoxy groups -OCH3 is 2. The zero-order valence-electron chi connectivity index (χ0n) is 45.1. The molecule has 19 nitrogen and oxygen atoms in total. The second-order valence-corrected chi connectivity index (χ2v) is 23.4. The van der Waals surface area contributed by atoms with Crippen molar-refractivity contribution in [3.05, 3.63) is 41.7 Å². The van der Waals surface area contributed by atoms with Gasteiger partial charge >= 0.3 is 5.97 Å². The topological polar surface area (TPSA) is 251 Å². The zero-order valence-corrected chi connectivity index (χ0v) is 45.9. The van der Waals surface area contributed by atoms with E-state index in [1.54, 1.807) is 40.8 Å². The third-order valence-electron chi connectivity index (χ3n) is 16.3. The first-order chi connectivity index (χ1) is 34.1. The fourth-order valence-electron chi connectivity index (χ4n) is 11.7. The zero-order chi connectivity index (χ0) is 54.5. The predicted octanol–water partition coefficient (Wildman–Crippen LogP) is 3.57. The summed E-state index contributed by atoms with van der Waals surface area (Å²) >= 11 is 0. The molecule has 0 saturated carbocycles. The van der Waals surface area contributed by atoms with E-state index in [9.17, 15) is 38.0 Å². The van der Waals surface area contributed by atoms with Gasteiger partial charge in [0.05, 0.1) is 40.4 Å². The summed E-state index contributed by atoms with van der Waals surface area (Å²) in [6, 6.07) is 4.14. The summed E-state index contributed by atoms with van der Waals surface area (Å²) in [6.07, 6.45) is 1.88. The van der Waals surface area contributed by atoms with Gasteiger partial charge < -0.3 is 58.6 Å². The Morgan fingerprint density at radius 3 is 2.27 bits per heavy atom. The molecule has 21 heteroatoms. The van der Waals surface area contributed by atoms with Crippen LogP contribution in [0.25, 0.3) is 0 Å². The van der Waals surface area contributed by atoms with Gasteiger partial charge in [-0.2, -0.15) is 0 Å². The molecule has 3 aliphatic heterocycles. The number of hydrogen-bond donors (Lipinski definition) is 5. The van der Waals surface area contributed by atoms with Crippen molar-refractivity contribution in [2.75, 3.05) is 48.1 Å². The Kier molecular flexibility index (Phi) is 20.6. The minimum Gasteiger partial charge on any atom is -0.459 e. The van der Waals surface area contributed by atoms with E-state index in [2.05, 4.69) is 21.1 Å². The molecule has 1 aromatic carbocycles. The Hall–Kier alpha value is -3.21. The van der Waals surface area contributed by atoms with Crippen molar-refractivity contribution < 1.29 is 66.5 Å². The molecule has 3 aliphatic rings. The number of nitrogens with zero attached hydrogens (tertiary/aromatic N) is 5. The van der Waals surface area contributed by atoms with Crippen LogP contribution in [-0.2, 0) is 49.7 Å². The summed E-state index contributed by atoms with van der Waals surface area (Å²) in [5.41, 5.74) is -3.74. The van der Waals surface area contributed by atoms with Crippen molar-refractivity contribution in [3.8, 4) is 12.3 Å².